The van der Waals surface area contributed by atoms with Crippen molar-refractivity contribution in [1.82, 2.24) is 9.47 Å². The second-order valence-electron chi connectivity index (χ2n) is 14.3. The molecule has 3 aromatic carbocycles. The van der Waals surface area contributed by atoms with Gasteiger partial charge in [-0.1, -0.05) is 112 Å². The van der Waals surface area contributed by atoms with E-state index in [0.717, 1.165) is 11.3 Å². The number of carbonyl (C=O) groups excluding carboxylic acids is 2. The van der Waals surface area contributed by atoms with E-state index in [1.807, 2.05) is 0 Å². The van der Waals surface area contributed by atoms with E-state index >= 15 is 0 Å². The minimum atomic E-state index is -2.20. The first-order valence-corrected chi connectivity index (χ1v) is 19.0. The lowest BCUT2D eigenvalue weighted by molar-refractivity contribution is 0.0900. The molecule has 7 rings (SSSR count). The van der Waals surface area contributed by atoms with E-state index < -0.39 is 13.9 Å². The molecule has 6 nitrogen and oxygen atoms in total. The highest BCUT2D eigenvalue weighted by atomic mass is 28.4. The summed E-state index contributed by atoms with van der Waals surface area (Å²) in [6, 6.07) is 32.2. The summed E-state index contributed by atoms with van der Waals surface area (Å²) in [6.07, 6.45) is 0. The number of benzene rings is 3. The molecule has 0 amide bonds. The zero-order chi connectivity index (χ0) is 32.6. The highest BCUT2D eigenvalue weighted by molar-refractivity contribution is 6.74. The van der Waals surface area contributed by atoms with E-state index in [1.165, 1.54) is 23.8 Å². The molecular weight excluding hydrogens is 589 g/mol. The molecule has 0 saturated carbocycles. The van der Waals surface area contributed by atoms with Crippen LogP contribution in [0.4, 0.5) is 0 Å². The first-order valence-electron chi connectivity index (χ1n) is 16.1. The average molecular weight is 631 g/mol. The summed E-state index contributed by atoms with van der Waals surface area (Å²) in [6.45, 7) is 13.7. The van der Waals surface area contributed by atoms with Gasteiger partial charge in [-0.15, -0.1) is 0 Å². The van der Waals surface area contributed by atoms with Crippen molar-refractivity contribution in [2.75, 3.05) is 7.11 Å². The van der Waals surface area contributed by atoms with Crippen molar-refractivity contribution in [3.05, 3.63) is 142 Å². The summed E-state index contributed by atoms with van der Waals surface area (Å²) >= 11 is 0. The van der Waals surface area contributed by atoms with Crippen LogP contribution >= 0.6 is 0 Å². The lowest BCUT2D eigenvalue weighted by Gasteiger charge is -2.39. The molecule has 3 heterocycles. The number of fused-ring (bicyclic) bond motifs is 5. The van der Waals surface area contributed by atoms with Gasteiger partial charge in [0.05, 0.1) is 36.9 Å². The van der Waals surface area contributed by atoms with Crippen LogP contribution in [0.15, 0.2) is 102 Å². The molecule has 1 fully saturated rings. The molecule has 0 spiro atoms. The van der Waals surface area contributed by atoms with Crippen molar-refractivity contribution < 1.29 is 18.8 Å². The number of methoxy groups -OCH3 is 1. The molecule has 46 heavy (non-hydrogen) atoms. The Hall–Kier alpha value is -4.04. The van der Waals surface area contributed by atoms with Gasteiger partial charge >= 0.3 is 0 Å². The Morgan fingerprint density at radius 3 is 1.76 bits per heavy atom. The minimum absolute atomic E-state index is 0.0127. The fourth-order valence-electron chi connectivity index (χ4n) is 7.53. The Morgan fingerprint density at radius 1 is 0.804 bits per heavy atom. The van der Waals surface area contributed by atoms with E-state index in [-0.39, 0.29) is 41.1 Å². The van der Waals surface area contributed by atoms with E-state index in [1.54, 1.807) is 6.92 Å². The van der Waals surface area contributed by atoms with Crippen LogP contribution in [0.3, 0.4) is 0 Å². The van der Waals surface area contributed by atoms with Crippen molar-refractivity contribution >= 4 is 19.9 Å². The van der Waals surface area contributed by atoms with Crippen molar-refractivity contribution in [3.63, 3.8) is 0 Å². The Morgan fingerprint density at radius 2 is 1.30 bits per heavy atom. The summed E-state index contributed by atoms with van der Waals surface area (Å²) in [5, 5.41) is -0.0127. The third kappa shape index (κ3) is 4.29. The SMILES string of the molecule is COC1=C(C)C(=O)c2c(c(CO[Si](C)(C)C(C)(C)C)c3n2C[C@H]2[C@@H]3N2C(c2ccccc2)(c2ccccc2)c2ccccc2)C1=O. The second-order valence-corrected chi connectivity index (χ2v) is 19.1. The highest BCUT2D eigenvalue weighted by Crippen LogP contribution is 2.62. The maximum Gasteiger partial charge on any atom is 0.230 e. The van der Waals surface area contributed by atoms with E-state index in [2.05, 4.69) is 134 Å². The highest BCUT2D eigenvalue weighted by Gasteiger charge is 2.66. The van der Waals surface area contributed by atoms with Crippen LogP contribution < -0.4 is 0 Å². The van der Waals surface area contributed by atoms with Gasteiger partial charge in [-0.05, 0) is 41.7 Å². The zero-order valence-electron chi connectivity index (χ0n) is 27.8. The van der Waals surface area contributed by atoms with E-state index in [0.29, 0.717) is 23.4 Å². The predicted molar refractivity (Wildman–Crippen MR) is 182 cm³/mol. The summed E-state index contributed by atoms with van der Waals surface area (Å²) in [5.41, 5.74) is 6.10. The number of hydrogen-bond donors (Lipinski definition) is 0. The Kier molecular flexibility index (Phi) is 7.16. The summed E-state index contributed by atoms with van der Waals surface area (Å²) < 4.78 is 14.5. The number of Topliss-reactive ketones (excluding diaryl/α,β-unsaturated/α-hetero) is 2. The molecule has 0 radical (unpaired) electrons. The first-order chi connectivity index (χ1) is 21.9. The van der Waals surface area contributed by atoms with Crippen LogP contribution in [0.2, 0.25) is 18.1 Å². The van der Waals surface area contributed by atoms with Crippen LogP contribution in [0, 0.1) is 0 Å². The monoisotopic (exact) mass is 630 g/mol. The molecule has 1 aliphatic carbocycles. The number of ether oxygens (including phenoxy) is 1. The Balaban J connectivity index is 1.45. The number of hydrogen-bond acceptors (Lipinski definition) is 5. The summed E-state index contributed by atoms with van der Waals surface area (Å²) in [4.78, 5) is 30.7. The first kappa shape index (κ1) is 30.6. The number of ketones is 2. The van der Waals surface area contributed by atoms with Crippen molar-refractivity contribution in [1.29, 1.82) is 0 Å². The fraction of sp³-hybridized carbons (Fsp3) is 0.333. The molecule has 2 aliphatic heterocycles. The topological polar surface area (TPSA) is 60.5 Å². The fourth-order valence-corrected chi connectivity index (χ4v) is 8.47. The Labute approximate surface area is 272 Å². The molecule has 1 aromatic heterocycles. The molecular formula is C39H42N2O4Si. The smallest absolute Gasteiger partial charge is 0.230 e. The van der Waals surface area contributed by atoms with Crippen molar-refractivity contribution in [3.8, 4) is 0 Å². The zero-order valence-corrected chi connectivity index (χ0v) is 28.8. The van der Waals surface area contributed by atoms with E-state index in [4.69, 9.17) is 9.16 Å². The van der Waals surface area contributed by atoms with Crippen LogP contribution in [-0.4, -0.2) is 42.5 Å². The lowest BCUT2D eigenvalue weighted by atomic mass is 9.76. The minimum Gasteiger partial charge on any atom is -0.492 e. The number of rotatable bonds is 8. The van der Waals surface area contributed by atoms with E-state index in [9.17, 15) is 9.59 Å². The normalized spacial score (nSPS) is 20.8. The van der Waals surface area contributed by atoms with Gasteiger partial charge in [-0.25, -0.2) is 0 Å². The lowest BCUT2D eigenvalue weighted by Crippen LogP contribution is -2.41. The van der Waals surface area contributed by atoms with Gasteiger partial charge in [-0.3, -0.25) is 14.5 Å². The molecule has 7 heteroatoms. The Bertz CT molecular complexity index is 1770. The number of aromatic nitrogens is 1. The maximum atomic E-state index is 14.1. The number of carbonyl (C=O) groups is 2. The molecule has 1 unspecified atom stereocenters. The molecule has 236 valence electrons. The third-order valence-electron chi connectivity index (χ3n) is 10.9. The third-order valence-corrected chi connectivity index (χ3v) is 15.3. The molecule has 0 bridgehead atoms. The quantitative estimate of drug-likeness (QED) is 0.112. The van der Waals surface area contributed by atoms with Crippen LogP contribution in [0.5, 0.6) is 0 Å². The maximum absolute atomic E-state index is 14.1. The summed E-state index contributed by atoms with van der Waals surface area (Å²) in [7, 11) is -0.730. The predicted octanol–water partition coefficient (Wildman–Crippen LogP) is 8.04. The van der Waals surface area contributed by atoms with Gasteiger partial charge in [0.25, 0.3) is 0 Å². The van der Waals surface area contributed by atoms with Gasteiger partial charge in [-0.2, -0.15) is 0 Å². The molecule has 0 N–H and O–H groups in total. The van der Waals surface area contributed by atoms with Crippen LogP contribution in [0.25, 0.3) is 0 Å². The standard InChI is InChI=1S/C39H42N2O4Si/c1-25-35(42)34-31(36(43)37(25)44-5)29(24-45-46(6,7)38(2,3)4)32-33-30(23-40(32)34)41(33)39(26-17-11-8-12-18-26,27-19-13-9-14-20-27)28-21-15-10-16-22-28/h8-22,30,33H,23-24H2,1-7H3/t30-,33-,41?/m0/s1. The van der Waals surface area contributed by atoms with Gasteiger partial charge in [0.15, 0.2) is 14.1 Å². The number of nitrogens with zero attached hydrogens (tertiary/aromatic N) is 2. The van der Waals surface area contributed by atoms with Gasteiger partial charge < -0.3 is 13.7 Å². The van der Waals surface area contributed by atoms with Crippen molar-refractivity contribution in [2.24, 2.45) is 0 Å². The number of allylic oxidation sites excluding steroid dienone is 2. The van der Waals surface area contributed by atoms with Crippen molar-refractivity contribution in [2.45, 2.75) is 76.6 Å². The molecule has 3 atom stereocenters. The molecule has 1 saturated heterocycles. The van der Waals surface area contributed by atoms with Crippen LogP contribution in [0.1, 0.15) is 82.5 Å². The molecule has 3 aliphatic rings. The second kappa shape index (κ2) is 10.8. The molecule has 4 aromatic rings. The van der Waals surface area contributed by atoms with Gasteiger partial charge in [0, 0.05) is 23.4 Å². The van der Waals surface area contributed by atoms with Gasteiger partial charge in [0.1, 0.15) is 5.69 Å². The summed E-state index contributed by atoms with van der Waals surface area (Å²) in [5.74, 6) is -0.235. The largest absolute Gasteiger partial charge is 0.492 e. The van der Waals surface area contributed by atoms with Gasteiger partial charge in [0.2, 0.25) is 11.6 Å². The van der Waals surface area contributed by atoms with Crippen LogP contribution in [-0.2, 0) is 27.9 Å². The average Bonchev–Trinajstić information content (AvgIpc) is 3.44.